The Morgan fingerprint density at radius 2 is 2.00 bits per heavy atom. The number of nitrogens with one attached hydrogen (secondary N) is 1. The zero-order valence-electron chi connectivity index (χ0n) is 8.90. The first kappa shape index (κ1) is 10.3. The summed E-state index contributed by atoms with van der Waals surface area (Å²) in [5.74, 6) is 0. The van der Waals surface area contributed by atoms with Gasteiger partial charge in [0, 0.05) is 11.6 Å². The average molecular weight is 218 g/mol. The van der Waals surface area contributed by atoms with E-state index in [-0.39, 0.29) is 6.04 Å². The summed E-state index contributed by atoms with van der Waals surface area (Å²) in [5, 5.41) is 6.41. The SMILES string of the molecule is CNC(c1ccc(C)cc1)c1nccs1. The average Bonchev–Trinajstić information content (AvgIpc) is 2.75. The minimum atomic E-state index is 0.214. The number of nitrogens with zero attached hydrogens (tertiary/aromatic N) is 1. The monoisotopic (exact) mass is 218 g/mol. The number of rotatable bonds is 3. The van der Waals surface area contributed by atoms with Crippen LogP contribution in [0.25, 0.3) is 0 Å². The molecule has 0 radical (unpaired) electrons. The molecule has 2 nitrogen and oxygen atoms in total. The third kappa shape index (κ3) is 2.25. The van der Waals surface area contributed by atoms with Gasteiger partial charge in [-0.25, -0.2) is 4.98 Å². The van der Waals surface area contributed by atoms with E-state index < -0.39 is 0 Å². The lowest BCUT2D eigenvalue weighted by atomic mass is 10.1. The quantitative estimate of drug-likeness (QED) is 0.857. The molecule has 3 heteroatoms. The molecule has 0 saturated heterocycles. The Balaban J connectivity index is 2.31. The van der Waals surface area contributed by atoms with E-state index in [2.05, 4.69) is 41.5 Å². The molecule has 0 spiro atoms. The molecule has 2 aromatic rings. The molecular formula is C12H14N2S. The highest BCUT2D eigenvalue weighted by atomic mass is 32.1. The maximum atomic E-state index is 4.34. The van der Waals surface area contributed by atoms with Gasteiger partial charge >= 0.3 is 0 Å². The van der Waals surface area contributed by atoms with Crippen LogP contribution in [0.15, 0.2) is 35.8 Å². The van der Waals surface area contributed by atoms with Gasteiger partial charge in [-0.1, -0.05) is 29.8 Å². The Morgan fingerprint density at radius 1 is 1.27 bits per heavy atom. The number of aromatic nitrogens is 1. The molecule has 1 unspecified atom stereocenters. The summed E-state index contributed by atoms with van der Waals surface area (Å²) in [6.45, 7) is 2.10. The third-order valence-electron chi connectivity index (χ3n) is 2.40. The molecule has 2 rings (SSSR count). The van der Waals surface area contributed by atoms with E-state index in [1.807, 2.05) is 18.6 Å². The van der Waals surface area contributed by atoms with Gasteiger partial charge < -0.3 is 5.32 Å². The largest absolute Gasteiger partial charge is 0.307 e. The molecule has 0 aliphatic rings. The summed E-state index contributed by atoms with van der Waals surface area (Å²) in [6.07, 6.45) is 1.85. The molecule has 1 heterocycles. The summed E-state index contributed by atoms with van der Waals surface area (Å²) in [5.41, 5.74) is 2.55. The molecular weight excluding hydrogens is 204 g/mol. The van der Waals surface area contributed by atoms with Gasteiger partial charge in [0.15, 0.2) is 0 Å². The minimum absolute atomic E-state index is 0.214. The van der Waals surface area contributed by atoms with Gasteiger partial charge in [0.25, 0.3) is 0 Å². The van der Waals surface area contributed by atoms with E-state index in [1.165, 1.54) is 11.1 Å². The van der Waals surface area contributed by atoms with E-state index in [0.29, 0.717) is 0 Å². The molecule has 1 aromatic heterocycles. The highest BCUT2D eigenvalue weighted by molar-refractivity contribution is 7.09. The summed E-state index contributed by atoms with van der Waals surface area (Å²) >= 11 is 1.68. The maximum absolute atomic E-state index is 4.34. The lowest BCUT2D eigenvalue weighted by Gasteiger charge is -2.13. The molecule has 0 fully saturated rings. The van der Waals surface area contributed by atoms with Crippen LogP contribution in [0.2, 0.25) is 0 Å². The Kier molecular flexibility index (Phi) is 3.14. The van der Waals surface area contributed by atoms with Crippen LogP contribution in [-0.2, 0) is 0 Å². The number of thiazole rings is 1. The second kappa shape index (κ2) is 4.55. The second-order valence-corrected chi connectivity index (χ2v) is 4.43. The van der Waals surface area contributed by atoms with Crippen molar-refractivity contribution in [2.45, 2.75) is 13.0 Å². The lowest BCUT2D eigenvalue weighted by molar-refractivity contribution is 0.686. The molecule has 0 aliphatic carbocycles. The van der Waals surface area contributed by atoms with E-state index in [9.17, 15) is 0 Å². The molecule has 1 atom stereocenters. The number of hydrogen-bond donors (Lipinski definition) is 1. The topological polar surface area (TPSA) is 24.9 Å². The van der Waals surface area contributed by atoms with Crippen molar-refractivity contribution in [3.63, 3.8) is 0 Å². The molecule has 0 amide bonds. The molecule has 0 saturated carbocycles. The summed E-state index contributed by atoms with van der Waals surface area (Å²) in [4.78, 5) is 4.34. The van der Waals surface area contributed by atoms with E-state index in [1.54, 1.807) is 11.3 Å². The highest BCUT2D eigenvalue weighted by Gasteiger charge is 2.13. The van der Waals surface area contributed by atoms with Gasteiger partial charge in [0.1, 0.15) is 5.01 Å². The fourth-order valence-electron chi connectivity index (χ4n) is 1.57. The van der Waals surface area contributed by atoms with Crippen LogP contribution in [0, 0.1) is 6.92 Å². The first-order valence-corrected chi connectivity index (χ1v) is 5.82. The maximum Gasteiger partial charge on any atom is 0.114 e. The predicted octanol–water partition coefficient (Wildman–Crippen LogP) is 2.76. The van der Waals surface area contributed by atoms with Gasteiger partial charge in [0.05, 0.1) is 6.04 Å². The molecule has 15 heavy (non-hydrogen) atoms. The molecule has 1 N–H and O–H groups in total. The Bertz CT molecular complexity index is 406. The number of aryl methyl sites for hydroxylation is 1. The van der Waals surface area contributed by atoms with Crippen molar-refractivity contribution in [2.24, 2.45) is 0 Å². The molecule has 78 valence electrons. The Morgan fingerprint density at radius 3 is 2.53 bits per heavy atom. The fraction of sp³-hybridized carbons (Fsp3) is 0.250. The van der Waals surface area contributed by atoms with Crippen LogP contribution in [0.4, 0.5) is 0 Å². The van der Waals surface area contributed by atoms with Crippen molar-refractivity contribution in [1.82, 2.24) is 10.3 Å². The van der Waals surface area contributed by atoms with Gasteiger partial charge in [-0.2, -0.15) is 0 Å². The van der Waals surface area contributed by atoms with Gasteiger partial charge in [-0.15, -0.1) is 11.3 Å². The number of hydrogen-bond acceptors (Lipinski definition) is 3. The van der Waals surface area contributed by atoms with Crippen LogP contribution >= 0.6 is 11.3 Å². The molecule has 1 aromatic carbocycles. The van der Waals surface area contributed by atoms with E-state index in [4.69, 9.17) is 0 Å². The Labute approximate surface area is 94.0 Å². The van der Waals surface area contributed by atoms with Crippen LogP contribution in [0.3, 0.4) is 0 Å². The third-order valence-corrected chi connectivity index (χ3v) is 3.24. The van der Waals surface area contributed by atoms with Gasteiger partial charge in [-0.3, -0.25) is 0 Å². The first-order valence-electron chi connectivity index (χ1n) is 4.94. The fourth-order valence-corrected chi connectivity index (χ4v) is 2.34. The van der Waals surface area contributed by atoms with Crippen molar-refractivity contribution in [1.29, 1.82) is 0 Å². The lowest BCUT2D eigenvalue weighted by Crippen LogP contribution is -2.17. The minimum Gasteiger partial charge on any atom is -0.307 e. The van der Waals surface area contributed by atoms with Gasteiger partial charge in [-0.05, 0) is 19.5 Å². The predicted molar refractivity (Wildman–Crippen MR) is 64.2 cm³/mol. The van der Waals surface area contributed by atoms with Crippen LogP contribution in [-0.4, -0.2) is 12.0 Å². The van der Waals surface area contributed by atoms with Crippen LogP contribution < -0.4 is 5.32 Å². The van der Waals surface area contributed by atoms with Crippen molar-refractivity contribution >= 4 is 11.3 Å². The van der Waals surface area contributed by atoms with Crippen molar-refractivity contribution in [2.75, 3.05) is 7.05 Å². The zero-order valence-corrected chi connectivity index (χ0v) is 9.71. The molecule has 0 bridgehead atoms. The van der Waals surface area contributed by atoms with Crippen LogP contribution in [0.1, 0.15) is 22.2 Å². The van der Waals surface area contributed by atoms with Crippen LogP contribution in [0.5, 0.6) is 0 Å². The van der Waals surface area contributed by atoms with Crippen molar-refractivity contribution in [3.05, 3.63) is 52.0 Å². The van der Waals surface area contributed by atoms with E-state index >= 15 is 0 Å². The zero-order chi connectivity index (χ0) is 10.7. The summed E-state index contributed by atoms with van der Waals surface area (Å²) in [6, 6.07) is 8.78. The molecule has 0 aliphatic heterocycles. The smallest absolute Gasteiger partial charge is 0.114 e. The van der Waals surface area contributed by atoms with Crippen molar-refractivity contribution in [3.8, 4) is 0 Å². The Hall–Kier alpha value is -1.19. The normalized spacial score (nSPS) is 12.7. The van der Waals surface area contributed by atoms with Crippen molar-refractivity contribution < 1.29 is 0 Å². The number of benzene rings is 1. The first-order chi connectivity index (χ1) is 7.31. The highest BCUT2D eigenvalue weighted by Crippen LogP contribution is 2.23. The van der Waals surface area contributed by atoms with Gasteiger partial charge in [0.2, 0.25) is 0 Å². The standard InChI is InChI=1S/C12H14N2S/c1-9-3-5-10(6-4-9)11(13-2)12-14-7-8-15-12/h3-8,11,13H,1-2H3. The summed E-state index contributed by atoms with van der Waals surface area (Å²) in [7, 11) is 1.96. The van der Waals surface area contributed by atoms with E-state index in [0.717, 1.165) is 5.01 Å². The summed E-state index contributed by atoms with van der Waals surface area (Å²) < 4.78 is 0. The second-order valence-electron chi connectivity index (χ2n) is 3.50.